The molecule has 0 unspecified atom stereocenters. The molecule has 0 aromatic heterocycles. The number of piperidine rings is 1. The summed E-state index contributed by atoms with van der Waals surface area (Å²) in [5, 5.41) is 0. The third kappa shape index (κ3) is 4.94. The molecule has 1 saturated heterocycles. The van der Waals surface area contributed by atoms with Gasteiger partial charge in [0.2, 0.25) is 0 Å². The van der Waals surface area contributed by atoms with Crippen LogP contribution in [-0.2, 0) is 0 Å². The van der Waals surface area contributed by atoms with Gasteiger partial charge in [-0.05, 0) is 44.6 Å². The highest BCUT2D eigenvalue weighted by Gasteiger charge is 2.07. The predicted molar refractivity (Wildman–Crippen MR) is 56.0 cm³/mol. The fraction of sp³-hybridized carbons (Fsp3) is 1.00. The molecule has 0 aliphatic carbocycles. The van der Waals surface area contributed by atoms with E-state index in [2.05, 4.69) is 17.5 Å². The van der Waals surface area contributed by atoms with Crippen LogP contribution in [0, 0.1) is 0 Å². The van der Waals surface area contributed by atoms with Crippen molar-refractivity contribution >= 4 is 25.0 Å². The van der Waals surface area contributed by atoms with E-state index in [0.29, 0.717) is 0 Å². The molecule has 0 spiro atoms. The Morgan fingerprint density at radius 2 is 1.73 bits per heavy atom. The van der Waals surface area contributed by atoms with Crippen LogP contribution >= 0.6 is 25.0 Å². The smallest absolute Gasteiger partial charge is 0.00110 e. The van der Waals surface area contributed by atoms with E-state index in [1.54, 1.807) is 0 Å². The van der Waals surface area contributed by atoms with E-state index in [4.69, 9.17) is 0 Å². The van der Waals surface area contributed by atoms with Gasteiger partial charge in [0.25, 0.3) is 0 Å². The van der Waals surface area contributed by atoms with Gasteiger partial charge in [0.15, 0.2) is 0 Å². The lowest BCUT2D eigenvalue weighted by Gasteiger charge is -2.25. The summed E-state index contributed by atoms with van der Waals surface area (Å²) in [4.78, 5) is 2.56. The molecule has 0 amide bonds. The first-order valence-corrected chi connectivity index (χ1v) is 4.90. The van der Waals surface area contributed by atoms with Crippen LogP contribution in [0.15, 0.2) is 0 Å². The largest absolute Gasteiger partial charge is 0.303 e. The molecule has 0 bridgehead atoms. The lowest BCUT2D eigenvalue weighted by Crippen LogP contribution is -2.30. The fourth-order valence-electron chi connectivity index (χ4n) is 1.48. The lowest BCUT2D eigenvalue weighted by molar-refractivity contribution is 0.230. The molecule has 1 fully saturated rings. The summed E-state index contributed by atoms with van der Waals surface area (Å²) in [5.41, 5.74) is 0. The van der Waals surface area contributed by atoms with E-state index in [9.17, 15) is 0 Å². The molecule has 0 atom stereocenters. The van der Waals surface area contributed by atoms with Gasteiger partial charge in [-0.25, -0.2) is 0 Å². The van der Waals surface area contributed by atoms with Crippen molar-refractivity contribution in [1.29, 1.82) is 0 Å². The van der Waals surface area contributed by atoms with E-state index in [-0.39, 0.29) is 12.4 Å². The van der Waals surface area contributed by atoms with Crippen LogP contribution in [0.4, 0.5) is 0 Å². The maximum absolute atomic E-state index is 4.19. The van der Waals surface area contributed by atoms with Crippen LogP contribution in [-0.4, -0.2) is 30.3 Å². The maximum Gasteiger partial charge on any atom is -0.00110 e. The van der Waals surface area contributed by atoms with Crippen molar-refractivity contribution in [3.05, 3.63) is 0 Å². The maximum atomic E-state index is 4.19. The van der Waals surface area contributed by atoms with E-state index in [1.165, 1.54) is 45.3 Å². The Kier molecular flexibility index (Phi) is 7.66. The number of hydrogen-bond donors (Lipinski definition) is 1. The summed E-state index contributed by atoms with van der Waals surface area (Å²) < 4.78 is 0. The molecule has 0 N–H and O–H groups in total. The minimum absolute atomic E-state index is 0. The first-order chi connectivity index (χ1) is 4.93. The Labute approximate surface area is 81.4 Å². The predicted octanol–water partition coefficient (Wildman–Crippen LogP) is 2.21. The number of likely N-dealkylation sites (tertiary alicyclic amines) is 1. The number of thiol groups is 1. The van der Waals surface area contributed by atoms with Crippen molar-refractivity contribution in [3.63, 3.8) is 0 Å². The third-order valence-corrected chi connectivity index (χ3v) is 2.40. The average molecular weight is 196 g/mol. The highest BCUT2D eigenvalue weighted by molar-refractivity contribution is 7.80. The van der Waals surface area contributed by atoms with Crippen LogP contribution in [0.25, 0.3) is 0 Å². The average Bonchev–Trinajstić information content (AvgIpc) is 2.03. The van der Waals surface area contributed by atoms with Crippen LogP contribution in [0.1, 0.15) is 25.7 Å². The SMILES string of the molecule is Cl.SCCCN1CCCCC1. The number of rotatable bonds is 3. The molecule has 1 heterocycles. The second-order valence-corrected chi connectivity index (χ2v) is 3.43. The summed E-state index contributed by atoms with van der Waals surface area (Å²) in [6.07, 6.45) is 5.51. The third-order valence-electron chi connectivity index (χ3n) is 2.08. The zero-order valence-electron chi connectivity index (χ0n) is 6.96. The van der Waals surface area contributed by atoms with Gasteiger partial charge in [-0.2, -0.15) is 12.6 Å². The Balaban J connectivity index is 0.000001000. The van der Waals surface area contributed by atoms with E-state index < -0.39 is 0 Å². The number of halogens is 1. The van der Waals surface area contributed by atoms with Gasteiger partial charge in [0, 0.05) is 0 Å². The van der Waals surface area contributed by atoms with Crippen molar-refractivity contribution in [2.45, 2.75) is 25.7 Å². The van der Waals surface area contributed by atoms with Crippen molar-refractivity contribution < 1.29 is 0 Å². The number of hydrogen-bond acceptors (Lipinski definition) is 2. The second kappa shape index (κ2) is 7.26. The van der Waals surface area contributed by atoms with Gasteiger partial charge in [-0.1, -0.05) is 6.42 Å². The summed E-state index contributed by atoms with van der Waals surface area (Å²) in [5.74, 6) is 1.04. The van der Waals surface area contributed by atoms with Crippen molar-refractivity contribution in [3.8, 4) is 0 Å². The molecule has 0 aromatic carbocycles. The van der Waals surface area contributed by atoms with Crippen molar-refractivity contribution in [2.75, 3.05) is 25.4 Å². The molecule has 1 rings (SSSR count). The van der Waals surface area contributed by atoms with Gasteiger partial charge in [-0.3, -0.25) is 0 Å². The first-order valence-electron chi connectivity index (χ1n) is 4.26. The fourth-order valence-corrected chi connectivity index (χ4v) is 1.62. The molecule has 3 heteroatoms. The molecular weight excluding hydrogens is 178 g/mol. The normalized spacial score (nSPS) is 19.4. The Hall–Kier alpha value is 0.600. The Bertz CT molecular complexity index is 84.2. The van der Waals surface area contributed by atoms with Gasteiger partial charge < -0.3 is 4.90 Å². The summed E-state index contributed by atoms with van der Waals surface area (Å²) in [7, 11) is 0. The molecule has 1 aliphatic heterocycles. The quantitative estimate of drug-likeness (QED) is 0.676. The molecule has 0 radical (unpaired) electrons. The zero-order chi connectivity index (χ0) is 7.23. The Morgan fingerprint density at radius 3 is 2.27 bits per heavy atom. The highest BCUT2D eigenvalue weighted by atomic mass is 35.5. The van der Waals surface area contributed by atoms with Gasteiger partial charge in [0.1, 0.15) is 0 Å². The monoisotopic (exact) mass is 195 g/mol. The number of nitrogens with zero attached hydrogens (tertiary/aromatic N) is 1. The molecule has 0 aromatic rings. The molecular formula is C8H18ClNS. The first kappa shape index (κ1) is 11.6. The summed E-state index contributed by atoms with van der Waals surface area (Å²) >= 11 is 4.19. The Morgan fingerprint density at radius 1 is 1.09 bits per heavy atom. The van der Waals surface area contributed by atoms with E-state index in [1.807, 2.05) is 0 Å². The van der Waals surface area contributed by atoms with Crippen molar-refractivity contribution in [2.24, 2.45) is 0 Å². The lowest BCUT2D eigenvalue weighted by atomic mass is 10.1. The minimum Gasteiger partial charge on any atom is -0.303 e. The van der Waals surface area contributed by atoms with Crippen LogP contribution in [0.2, 0.25) is 0 Å². The molecule has 0 saturated carbocycles. The molecule has 68 valence electrons. The molecule has 1 aliphatic rings. The van der Waals surface area contributed by atoms with Crippen molar-refractivity contribution in [1.82, 2.24) is 4.90 Å². The summed E-state index contributed by atoms with van der Waals surface area (Å²) in [6.45, 7) is 3.92. The molecule has 11 heavy (non-hydrogen) atoms. The minimum atomic E-state index is 0. The zero-order valence-corrected chi connectivity index (χ0v) is 8.67. The standard InChI is InChI=1S/C8H17NS.ClH/c10-8-4-7-9-5-2-1-3-6-9;/h10H,1-8H2;1H. The van der Waals surface area contributed by atoms with Gasteiger partial charge in [0.05, 0.1) is 0 Å². The van der Waals surface area contributed by atoms with Crippen LogP contribution < -0.4 is 0 Å². The second-order valence-electron chi connectivity index (χ2n) is 2.98. The van der Waals surface area contributed by atoms with Gasteiger partial charge >= 0.3 is 0 Å². The van der Waals surface area contributed by atoms with Gasteiger partial charge in [-0.15, -0.1) is 12.4 Å². The van der Waals surface area contributed by atoms with Crippen LogP contribution in [0.5, 0.6) is 0 Å². The highest BCUT2D eigenvalue weighted by Crippen LogP contribution is 2.08. The molecule has 1 nitrogen and oxygen atoms in total. The topological polar surface area (TPSA) is 3.24 Å². The van der Waals surface area contributed by atoms with Crippen LogP contribution in [0.3, 0.4) is 0 Å². The van der Waals surface area contributed by atoms with E-state index in [0.717, 1.165) is 5.75 Å². The summed E-state index contributed by atoms with van der Waals surface area (Å²) in [6, 6.07) is 0. The van der Waals surface area contributed by atoms with E-state index >= 15 is 0 Å².